The topological polar surface area (TPSA) is 27.7 Å². The minimum atomic E-state index is -0.989. The largest absolute Gasteiger partial charge is 0.491 e. The maximum absolute atomic E-state index is 6.79. The van der Waals surface area contributed by atoms with Crippen LogP contribution < -0.4 is 46.0 Å². The average molecular weight is 849 g/mol. The fourth-order valence-corrected chi connectivity index (χ4v) is 13.7. The van der Waals surface area contributed by atoms with E-state index in [9.17, 15) is 0 Å². The van der Waals surface area contributed by atoms with E-state index in [4.69, 9.17) is 14.2 Å². The number of hydrogen-bond donors (Lipinski definition) is 0. The first-order valence-corrected chi connectivity index (χ1v) is 24.2. The van der Waals surface area contributed by atoms with Crippen molar-refractivity contribution in [3.05, 3.63) is 217 Å². The zero-order valence-corrected chi connectivity index (χ0v) is 38.2. The van der Waals surface area contributed by atoms with Gasteiger partial charge in [-0.3, -0.25) is 0 Å². The molecular weight excluding hydrogens is 795 g/mol. The van der Waals surface area contributed by atoms with E-state index in [1.54, 1.807) is 0 Å². The molecule has 62 heavy (non-hydrogen) atoms. The molecule has 9 rings (SSSR count). The number of para-hydroxylation sites is 2. The van der Waals surface area contributed by atoms with Gasteiger partial charge >= 0.3 is 0 Å². The first-order chi connectivity index (χ1) is 30.2. The molecule has 1 heterocycles. The fraction of sp³-hybridized carbons (Fsp3) is 0.158. The van der Waals surface area contributed by atoms with E-state index >= 15 is 0 Å². The fourth-order valence-electron chi connectivity index (χ4n) is 8.10. The zero-order chi connectivity index (χ0) is 43.1. The molecule has 0 spiro atoms. The minimum Gasteiger partial charge on any atom is -0.491 e. The van der Waals surface area contributed by atoms with E-state index < -0.39 is 15.8 Å². The summed E-state index contributed by atoms with van der Waals surface area (Å²) in [5.74, 6) is 3.79. The van der Waals surface area contributed by atoms with Crippen LogP contribution in [-0.4, -0.2) is 12.2 Å². The highest BCUT2D eigenvalue weighted by atomic mass is 31.1. The monoisotopic (exact) mass is 848 g/mol. The van der Waals surface area contributed by atoms with Crippen LogP contribution in [0.15, 0.2) is 206 Å². The molecule has 8 aromatic rings. The Morgan fingerprint density at radius 3 is 1.21 bits per heavy atom. The Bertz CT molecular complexity index is 2550. The molecule has 0 saturated carbocycles. The van der Waals surface area contributed by atoms with Crippen LogP contribution >= 0.6 is 15.8 Å². The highest BCUT2D eigenvalue weighted by Gasteiger charge is 2.34. The van der Waals surface area contributed by atoms with Gasteiger partial charge in [0.1, 0.15) is 23.0 Å². The summed E-state index contributed by atoms with van der Waals surface area (Å²) in [7, 11) is -1.97. The van der Waals surface area contributed by atoms with Crippen molar-refractivity contribution in [3.63, 3.8) is 0 Å². The van der Waals surface area contributed by atoms with Crippen molar-refractivity contribution in [2.75, 3.05) is 0 Å². The molecule has 3 nitrogen and oxygen atoms in total. The van der Waals surface area contributed by atoms with Gasteiger partial charge in [-0.1, -0.05) is 184 Å². The molecule has 0 aromatic heterocycles. The molecule has 0 atom stereocenters. The van der Waals surface area contributed by atoms with Crippen LogP contribution in [-0.2, 0) is 5.41 Å². The molecule has 0 bridgehead atoms. The predicted molar refractivity (Wildman–Crippen MR) is 266 cm³/mol. The molecule has 0 unspecified atom stereocenters. The van der Waals surface area contributed by atoms with Crippen molar-refractivity contribution >= 4 is 47.7 Å². The van der Waals surface area contributed by atoms with Crippen LogP contribution in [0.5, 0.6) is 23.0 Å². The molecule has 0 aliphatic carbocycles. The Hall–Kier alpha value is -5.98. The van der Waals surface area contributed by atoms with Gasteiger partial charge < -0.3 is 14.2 Å². The lowest BCUT2D eigenvalue weighted by Gasteiger charge is -2.34. The Balaban J connectivity index is 0.000000274. The molecular formula is C57H54O3P2. The molecule has 1 aliphatic heterocycles. The van der Waals surface area contributed by atoms with E-state index in [2.05, 4.69) is 224 Å². The summed E-state index contributed by atoms with van der Waals surface area (Å²) < 4.78 is 18.8. The van der Waals surface area contributed by atoms with Crippen molar-refractivity contribution in [2.24, 2.45) is 0 Å². The van der Waals surface area contributed by atoms with E-state index in [0.717, 1.165) is 23.0 Å². The normalized spacial score (nSPS) is 12.5. The third-order valence-electron chi connectivity index (χ3n) is 10.9. The van der Waals surface area contributed by atoms with E-state index in [-0.39, 0.29) is 17.6 Å². The average Bonchev–Trinajstić information content (AvgIpc) is 3.29. The second-order valence-electron chi connectivity index (χ2n) is 16.4. The molecule has 8 aromatic carbocycles. The van der Waals surface area contributed by atoms with Gasteiger partial charge in [-0.05, 0) is 112 Å². The predicted octanol–water partition coefficient (Wildman–Crippen LogP) is 12.6. The van der Waals surface area contributed by atoms with Gasteiger partial charge in [0.2, 0.25) is 0 Å². The Morgan fingerprint density at radius 2 is 0.790 bits per heavy atom. The van der Waals surface area contributed by atoms with E-state index in [1.165, 1.54) is 54.1 Å². The smallest absolute Gasteiger partial charge is 0.131 e. The lowest BCUT2D eigenvalue weighted by molar-refractivity contribution is 0.242. The first kappa shape index (κ1) is 42.7. The summed E-state index contributed by atoms with van der Waals surface area (Å²) >= 11 is 0. The van der Waals surface area contributed by atoms with Crippen LogP contribution in [0.4, 0.5) is 0 Å². The highest BCUT2D eigenvalue weighted by Crippen LogP contribution is 2.48. The summed E-state index contributed by atoms with van der Waals surface area (Å²) in [4.78, 5) is 0. The Morgan fingerprint density at radius 1 is 0.403 bits per heavy atom. The van der Waals surface area contributed by atoms with Gasteiger partial charge in [-0.2, -0.15) is 0 Å². The molecule has 0 saturated heterocycles. The summed E-state index contributed by atoms with van der Waals surface area (Å²) in [5.41, 5.74) is 4.92. The molecule has 0 fully saturated rings. The van der Waals surface area contributed by atoms with Gasteiger partial charge in [-0.15, -0.1) is 0 Å². The van der Waals surface area contributed by atoms with Gasteiger partial charge in [0.15, 0.2) is 0 Å². The third-order valence-corrected chi connectivity index (χ3v) is 16.1. The van der Waals surface area contributed by atoms with Crippen LogP contribution in [0.1, 0.15) is 52.7 Å². The maximum Gasteiger partial charge on any atom is 0.131 e. The highest BCUT2D eigenvalue weighted by molar-refractivity contribution is 7.85. The number of hydrogen-bond acceptors (Lipinski definition) is 3. The number of ether oxygens (including phenoxy) is 3. The Kier molecular flexibility index (Phi) is 13.3. The number of rotatable bonds is 11. The molecule has 0 N–H and O–H groups in total. The summed E-state index contributed by atoms with van der Waals surface area (Å²) in [6.45, 7) is 12.9. The lowest BCUT2D eigenvalue weighted by atomic mass is 9.76. The van der Waals surface area contributed by atoms with Gasteiger partial charge in [-0.25, -0.2) is 0 Å². The van der Waals surface area contributed by atoms with Crippen LogP contribution in [0.2, 0.25) is 0 Å². The standard InChI is InChI=1S/C42H40O2P2.C15H14O/c1-31(2)43-34-27-25-33(26-28-34)39-29-30-40(44-32(3)4)42(46(37-21-13-7-14-22-37)38-23-15-8-16-24-38)41(39)45(35-17-9-5-10-18-35)36-19-11-6-12-20-36;1-15(2)11-7-3-5-9-13(11)16-14-10-6-4-8-12(14)15/h5-32H,1-4H3;3-10H,1-2H3. The molecule has 5 heteroatoms. The van der Waals surface area contributed by atoms with Crippen LogP contribution in [0.25, 0.3) is 11.1 Å². The van der Waals surface area contributed by atoms with E-state index in [1.807, 2.05) is 24.3 Å². The quantitative estimate of drug-likeness (QED) is 0.121. The SMILES string of the molecule is CC(C)Oc1ccc(-c2ccc(OC(C)C)c(P(c3ccccc3)c3ccccc3)c2P(c2ccccc2)c2ccccc2)cc1.CC1(C)c2ccccc2Oc2ccccc21. The molecule has 310 valence electrons. The van der Waals surface area contributed by atoms with Crippen molar-refractivity contribution in [3.8, 4) is 34.1 Å². The second-order valence-corrected chi connectivity index (χ2v) is 20.7. The van der Waals surface area contributed by atoms with Crippen molar-refractivity contribution in [1.29, 1.82) is 0 Å². The van der Waals surface area contributed by atoms with E-state index in [0.29, 0.717) is 0 Å². The van der Waals surface area contributed by atoms with Crippen molar-refractivity contribution < 1.29 is 14.2 Å². The molecule has 0 amide bonds. The number of benzene rings is 8. The van der Waals surface area contributed by atoms with Crippen LogP contribution in [0, 0.1) is 0 Å². The Labute approximate surface area is 370 Å². The van der Waals surface area contributed by atoms with Crippen molar-refractivity contribution in [1.82, 2.24) is 0 Å². The maximum atomic E-state index is 6.79. The van der Waals surface area contributed by atoms with Gasteiger partial charge in [0, 0.05) is 27.2 Å². The lowest BCUT2D eigenvalue weighted by Crippen LogP contribution is -2.37. The van der Waals surface area contributed by atoms with Crippen LogP contribution in [0.3, 0.4) is 0 Å². The van der Waals surface area contributed by atoms with Gasteiger partial charge in [0.05, 0.1) is 12.2 Å². The third kappa shape index (κ3) is 9.41. The summed E-state index contributed by atoms with van der Waals surface area (Å²) in [6, 6.07) is 73.6. The first-order valence-electron chi connectivity index (χ1n) is 21.5. The summed E-state index contributed by atoms with van der Waals surface area (Å²) in [5, 5.41) is 7.83. The minimum absolute atomic E-state index is 0.0193. The number of fused-ring (bicyclic) bond motifs is 2. The second kappa shape index (κ2) is 19.4. The summed E-state index contributed by atoms with van der Waals surface area (Å²) in [6.07, 6.45) is 0.137. The molecule has 0 radical (unpaired) electrons. The van der Waals surface area contributed by atoms with Gasteiger partial charge in [0.25, 0.3) is 0 Å². The zero-order valence-electron chi connectivity index (χ0n) is 36.4. The molecule has 1 aliphatic rings. The van der Waals surface area contributed by atoms with Crippen molar-refractivity contribution in [2.45, 2.75) is 59.2 Å².